The van der Waals surface area contributed by atoms with Gasteiger partial charge in [0, 0.05) is 37.5 Å². The average molecular weight is 599 g/mol. The summed E-state index contributed by atoms with van der Waals surface area (Å²) in [5.74, 6) is -4.09. The zero-order chi connectivity index (χ0) is 32.7. The van der Waals surface area contributed by atoms with E-state index < -0.39 is 68.5 Å². The minimum absolute atomic E-state index is 0.00748. The van der Waals surface area contributed by atoms with Crippen molar-refractivity contribution in [3.63, 3.8) is 0 Å². The van der Waals surface area contributed by atoms with Crippen molar-refractivity contribution in [3.8, 4) is 0 Å². The first kappa shape index (κ1) is 33.0. The van der Waals surface area contributed by atoms with E-state index >= 15 is 0 Å². The predicted octanol–water partition coefficient (Wildman–Crippen LogP) is 4.20. The molecule has 4 aliphatic rings. The molecule has 2 fully saturated rings. The van der Waals surface area contributed by atoms with Crippen LogP contribution in [0.4, 0.5) is 0 Å². The fourth-order valence-electron chi connectivity index (χ4n) is 9.07. The predicted molar refractivity (Wildman–Crippen MR) is 157 cm³/mol. The van der Waals surface area contributed by atoms with Gasteiger partial charge in [0.25, 0.3) is 0 Å². The van der Waals surface area contributed by atoms with Crippen molar-refractivity contribution in [2.24, 2.45) is 39.4 Å². The van der Waals surface area contributed by atoms with Gasteiger partial charge in [-0.2, -0.15) is 0 Å². The van der Waals surface area contributed by atoms with Crippen molar-refractivity contribution in [2.75, 3.05) is 0 Å². The summed E-state index contributed by atoms with van der Waals surface area (Å²) in [6, 6.07) is 0. The maximum Gasteiger partial charge on any atom is 0.308 e. The zero-order valence-electron chi connectivity index (χ0n) is 27.0. The normalized spacial score (nSPS) is 38.2. The maximum atomic E-state index is 14.6. The van der Waals surface area contributed by atoms with Crippen LogP contribution in [0.1, 0.15) is 88.5 Å². The molecule has 236 valence electrons. The van der Waals surface area contributed by atoms with Gasteiger partial charge in [-0.15, -0.1) is 0 Å². The van der Waals surface area contributed by atoms with Crippen molar-refractivity contribution in [1.82, 2.24) is 0 Å². The number of esters is 2. The van der Waals surface area contributed by atoms with Crippen molar-refractivity contribution in [2.45, 2.75) is 106 Å². The summed E-state index contributed by atoms with van der Waals surface area (Å²) in [5, 5.41) is 22.1. The minimum atomic E-state index is -2.03. The highest BCUT2D eigenvalue weighted by Crippen LogP contribution is 2.74. The van der Waals surface area contributed by atoms with E-state index in [1.54, 1.807) is 19.9 Å². The van der Waals surface area contributed by atoms with Crippen LogP contribution in [0.15, 0.2) is 35.6 Å². The Bertz CT molecular complexity index is 1370. The van der Waals surface area contributed by atoms with Crippen LogP contribution in [0.2, 0.25) is 0 Å². The van der Waals surface area contributed by atoms with Gasteiger partial charge >= 0.3 is 11.9 Å². The van der Waals surface area contributed by atoms with Gasteiger partial charge in [0.1, 0.15) is 17.5 Å². The highest BCUT2D eigenvalue weighted by atomic mass is 16.5. The number of carbonyl (C=O) groups is 5. The molecule has 8 atom stereocenters. The smallest absolute Gasteiger partial charge is 0.308 e. The number of Topliss-reactive ketones (excluding diaryl/α,β-unsaturated/α-hetero) is 2. The molecule has 0 aliphatic heterocycles. The number of rotatable bonds is 6. The molecule has 0 aromatic rings. The van der Waals surface area contributed by atoms with Gasteiger partial charge < -0.3 is 19.7 Å². The first-order valence-electron chi connectivity index (χ1n) is 15.0. The monoisotopic (exact) mass is 598 g/mol. The molecule has 4 aliphatic carbocycles. The largest absolute Gasteiger partial charge is 0.462 e. The van der Waals surface area contributed by atoms with Gasteiger partial charge in [0.15, 0.2) is 11.5 Å². The molecular weight excluding hydrogens is 552 g/mol. The number of allylic oxidation sites excluding steroid dienone is 4. The molecule has 0 radical (unpaired) electrons. The van der Waals surface area contributed by atoms with Crippen molar-refractivity contribution >= 4 is 29.3 Å². The number of ether oxygens (including phenoxy) is 2. The Balaban J connectivity index is 1.89. The lowest BCUT2D eigenvalue weighted by molar-refractivity contribution is -0.181. The fourth-order valence-corrected chi connectivity index (χ4v) is 9.07. The van der Waals surface area contributed by atoms with E-state index in [9.17, 15) is 34.2 Å². The van der Waals surface area contributed by atoms with Gasteiger partial charge in [-0.25, -0.2) is 0 Å². The Morgan fingerprint density at radius 3 is 2.12 bits per heavy atom. The Morgan fingerprint density at radius 2 is 1.58 bits per heavy atom. The topological polar surface area (TPSA) is 144 Å². The van der Waals surface area contributed by atoms with Crippen LogP contribution in [0.5, 0.6) is 0 Å². The van der Waals surface area contributed by atoms with Gasteiger partial charge in [0.2, 0.25) is 5.78 Å². The summed E-state index contributed by atoms with van der Waals surface area (Å²) in [6.07, 6.45) is 5.98. The second-order valence-corrected chi connectivity index (χ2v) is 15.1. The van der Waals surface area contributed by atoms with Crippen LogP contribution in [-0.4, -0.2) is 56.8 Å². The van der Waals surface area contributed by atoms with E-state index in [1.165, 1.54) is 40.7 Å². The summed E-state index contributed by atoms with van der Waals surface area (Å²) in [6.45, 7) is 16.3. The Labute approximate surface area is 253 Å². The van der Waals surface area contributed by atoms with Crippen LogP contribution in [-0.2, 0) is 33.4 Å². The lowest BCUT2D eigenvalue weighted by Crippen LogP contribution is -2.64. The zero-order valence-corrected chi connectivity index (χ0v) is 27.0. The molecule has 0 bridgehead atoms. The van der Waals surface area contributed by atoms with Crippen LogP contribution in [0.3, 0.4) is 0 Å². The Morgan fingerprint density at radius 1 is 0.977 bits per heavy atom. The van der Waals surface area contributed by atoms with Crippen LogP contribution < -0.4 is 0 Å². The quantitative estimate of drug-likeness (QED) is 0.261. The van der Waals surface area contributed by atoms with Crippen LogP contribution >= 0.6 is 0 Å². The molecule has 0 saturated heterocycles. The number of ketones is 3. The van der Waals surface area contributed by atoms with E-state index in [0.717, 1.165) is 11.6 Å². The third-order valence-electron chi connectivity index (χ3n) is 11.3. The first-order chi connectivity index (χ1) is 19.4. The molecule has 2 saturated carbocycles. The molecule has 4 rings (SSSR count). The summed E-state index contributed by atoms with van der Waals surface area (Å²) >= 11 is 0. The second kappa shape index (κ2) is 10.1. The molecule has 0 amide bonds. The number of carbonyl (C=O) groups excluding carboxylic acids is 5. The molecular formula is C34H46O9. The molecule has 9 heteroatoms. The van der Waals surface area contributed by atoms with Crippen LogP contribution in [0.25, 0.3) is 0 Å². The molecule has 0 spiro atoms. The van der Waals surface area contributed by atoms with Gasteiger partial charge in [0.05, 0.1) is 11.0 Å². The lowest BCUT2D eigenvalue weighted by atomic mass is 9.39. The molecule has 0 aromatic heterocycles. The highest BCUT2D eigenvalue weighted by Gasteiger charge is 2.75. The summed E-state index contributed by atoms with van der Waals surface area (Å²) in [7, 11) is 0. The van der Waals surface area contributed by atoms with E-state index in [2.05, 4.69) is 0 Å². The van der Waals surface area contributed by atoms with Crippen LogP contribution in [0, 0.1) is 39.4 Å². The SMILES string of the molecule is CC(=O)OC1=CC2C(=CCC3C2(C)C(=O)CC2(C)C(C(C)(O)C(=O)C=CC(C)(C)O)C(OC(C)=O)CC32C)C(C)(C)C1=O. The summed E-state index contributed by atoms with van der Waals surface area (Å²) in [5.41, 5.74) is -6.19. The minimum Gasteiger partial charge on any atom is -0.462 e. The highest BCUT2D eigenvalue weighted by molar-refractivity contribution is 6.03. The van der Waals surface area contributed by atoms with E-state index in [1.807, 2.05) is 26.8 Å². The second-order valence-electron chi connectivity index (χ2n) is 15.1. The van der Waals surface area contributed by atoms with Crippen molar-refractivity contribution in [1.29, 1.82) is 0 Å². The summed E-state index contributed by atoms with van der Waals surface area (Å²) < 4.78 is 11.2. The third kappa shape index (κ3) is 4.87. The molecule has 43 heavy (non-hydrogen) atoms. The van der Waals surface area contributed by atoms with Gasteiger partial charge in [-0.3, -0.25) is 24.0 Å². The van der Waals surface area contributed by atoms with Gasteiger partial charge in [-0.05, 0) is 76.4 Å². The van der Waals surface area contributed by atoms with E-state index in [0.29, 0.717) is 12.8 Å². The third-order valence-corrected chi connectivity index (χ3v) is 11.3. The molecule has 9 nitrogen and oxygen atoms in total. The van der Waals surface area contributed by atoms with Crippen molar-refractivity contribution < 1.29 is 43.7 Å². The van der Waals surface area contributed by atoms with E-state index in [4.69, 9.17) is 9.47 Å². The van der Waals surface area contributed by atoms with E-state index in [-0.39, 0.29) is 29.7 Å². The fraction of sp³-hybridized carbons (Fsp3) is 0.676. The van der Waals surface area contributed by atoms with Crippen molar-refractivity contribution in [3.05, 3.63) is 35.6 Å². The molecule has 8 unspecified atom stereocenters. The standard InChI is InChI=1S/C34H46O9/c1-18(35)42-22-15-21-20(30(5,6)28(22)39)11-12-24-31(7)16-23(43-19(2)36)27(32(31,8)17-26(38)33(21,24)9)34(10,41)25(37)13-14-29(3,4)40/h11,13-15,21,23-24,27,40-41H,12,16-17H2,1-10H3. The first-order valence-corrected chi connectivity index (χ1v) is 15.0. The van der Waals surface area contributed by atoms with Gasteiger partial charge in [-0.1, -0.05) is 38.5 Å². The summed E-state index contributed by atoms with van der Waals surface area (Å²) in [4.78, 5) is 65.7. The lowest BCUT2D eigenvalue weighted by Gasteiger charge is -2.63. The number of hydrogen-bond donors (Lipinski definition) is 2. The molecule has 2 N–H and O–H groups in total. The average Bonchev–Trinajstić information content (AvgIpc) is 3.06. The maximum absolute atomic E-state index is 14.6. The number of fused-ring (bicyclic) bond motifs is 5. The Hall–Kier alpha value is -2.91. The molecule has 0 heterocycles. The number of aliphatic hydroxyl groups is 2. The Kier molecular flexibility index (Phi) is 7.72. The molecule has 0 aromatic carbocycles. The number of hydrogen-bond acceptors (Lipinski definition) is 9.